The lowest BCUT2D eigenvalue weighted by molar-refractivity contribution is -0.384. The van der Waals surface area contributed by atoms with Crippen LogP contribution in [-0.4, -0.2) is 25.6 Å². The Morgan fingerprint density at radius 2 is 1.44 bits per heavy atom. The normalized spacial score (nSPS) is 12.5. The number of rotatable bonds is 10. The Balaban J connectivity index is 1.59. The first-order valence-corrected chi connectivity index (χ1v) is 14.9. The van der Waals surface area contributed by atoms with E-state index in [0.717, 1.165) is 11.8 Å². The maximum absolute atomic E-state index is 13.6. The van der Waals surface area contributed by atoms with Crippen molar-refractivity contribution < 1.29 is 40.5 Å². The average Bonchev–Trinajstić information content (AvgIpc) is 3.47. The van der Waals surface area contributed by atoms with Gasteiger partial charge in [-0.2, -0.15) is 26.3 Å². The molecule has 5 rings (SSSR count). The van der Waals surface area contributed by atoms with Crippen LogP contribution in [0.15, 0.2) is 102 Å². The fraction of sp³-hybridized carbons (Fsp3) is 0.156. The number of alkyl halides is 6. The van der Waals surface area contributed by atoms with E-state index >= 15 is 0 Å². The smallest absolute Gasteiger partial charge is 0.342 e. The Bertz CT molecular complexity index is 1880. The van der Waals surface area contributed by atoms with Crippen molar-refractivity contribution in [3.8, 4) is 5.69 Å². The van der Waals surface area contributed by atoms with Gasteiger partial charge in [0.2, 0.25) is 0 Å². The fourth-order valence-electron chi connectivity index (χ4n) is 4.68. The molecule has 16 heteroatoms. The number of aromatic nitrogens is 3. The molecule has 0 unspecified atom stereocenters. The second kappa shape index (κ2) is 13.9. The van der Waals surface area contributed by atoms with Crippen molar-refractivity contribution in [2.45, 2.75) is 35.7 Å². The van der Waals surface area contributed by atoms with Crippen LogP contribution in [0.2, 0.25) is 0 Å². The van der Waals surface area contributed by atoms with Crippen LogP contribution in [0.5, 0.6) is 0 Å². The quantitative estimate of drug-likeness (QED) is 0.0685. The Morgan fingerprint density at radius 1 is 0.833 bits per heavy atom. The van der Waals surface area contributed by atoms with Gasteiger partial charge >= 0.3 is 12.4 Å². The lowest BCUT2D eigenvalue weighted by Gasteiger charge is -2.21. The molecule has 0 saturated heterocycles. The number of hydrogen-bond donors (Lipinski definition) is 1. The van der Waals surface area contributed by atoms with Crippen molar-refractivity contribution in [3.05, 3.63) is 147 Å². The summed E-state index contributed by atoms with van der Waals surface area (Å²) in [6.45, 7) is 0. The monoisotopic (exact) mass is 689 g/mol. The zero-order valence-corrected chi connectivity index (χ0v) is 25.1. The lowest BCUT2D eigenvalue weighted by Crippen LogP contribution is -2.32. The Hall–Kier alpha value is -5.25. The maximum atomic E-state index is 13.6. The highest BCUT2D eigenvalue weighted by atomic mass is 32.2. The molecule has 248 valence electrons. The van der Waals surface area contributed by atoms with Gasteiger partial charge in [-0.3, -0.25) is 19.5 Å². The van der Waals surface area contributed by atoms with Gasteiger partial charge in [-0.05, 0) is 60.0 Å². The zero-order valence-electron chi connectivity index (χ0n) is 24.3. The number of carbonyl (C=O) groups excluding carboxylic acids is 1. The van der Waals surface area contributed by atoms with Crippen molar-refractivity contribution in [2.75, 3.05) is 0 Å². The Morgan fingerprint density at radius 3 is 2.00 bits per heavy atom. The van der Waals surface area contributed by atoms with Crippen LogP contribution in [0, 0.1) is 15.9 Å². The van der Waals surface area contributed by atoms with Gasteiger partial charge in [-0.15, -0.1) is 10.2 Å². The number of carbonyl (C=O) groups is 1. The topological polar surface area (TPSA) is 103 Å². The molecule has 5 aromatic rings. The third-order valence-corrected chi connectivity index (χ3v) is 8.01. The first-order chi connectivity index (χ1) is 22.7. The molecule has 0 spiro atoms. The second-order valence-electron chi connectivity index (χ2n) is 10.4. The summed E-state index contributed by atoms with van der Waals surface area (Å²) >= 11 is 1.15. The van der Waals surface area contributed by atoms with Crippen LogP contribution in [0.3, 0.4) is 0 Å². The number of benzene rings is 4. The number of hydrogen-bond acceptors (Lipinski definition) is 6. The molecule has 0 aliphatic carbocycles. The highest BCUT2D eigenvalue weighted by Crippen LogP contribution is 2.37. The summed E-state index contributed by atoms with van der Waals surface area (Å²) < 4.78 is 96.3. The second-order valence-corrected chi connectivity index (χ2v) is 11.3. The molecule has 8 nitrogen and oxygen atoms in total. The molecule has 0 aliphatic heterocycles. The Labute approximate surface area is 271 Å². The van der Waals surface area contributed by atoms with E-state index in [4.69, 9.17) is 0 Å². The molecule has 1 aromatic heterocycles. The van der Waals surface area contributed by atoms with E-state index in [-0.39, 0.29) is 34.9 Å². The summed E-state index contributed by atoms with van der Waals surface area (Å²) in [7, 11) is 0. The maximum Gasteiger partial charge on any atom is 0.416 e. The minimum atomic E-state index is -5.17. The number of nitro benzene ring substituents is 1. The van der Waals surface area contributed by atoms with Crippen LogP contribution in [0.25, 0.3) is 5.69 Å². The van der Waals surface area contributed by atoms with Crippen LogP contribution in [0.1, 0.15) is 44.5 Å². The summed E-state index contributed by atoms with van der Waals surface area (Å²) in [4.78, 5) is 24.2. The van der Waals surface area contributed by atoms with Crippen molar-refractivity contribution in [1.82, 2.24) is 20.1 Å². The minimum absolute atomic E-state index is 0.0224. The van der Waals surface area contributed by atoms with E-state index < -0.39 is 51.7 Å². The highest BCUT2D eigenvalue weighted by Gasteiger charge is 2.38. The standard InChI is InChI=1S/C32H22F7N5O3S/c33-24-8-6-20(7-9-24)18-48-30-42-41-28(43(30)25-10-12-26(13-11-25)44(46)47)27(14-19-4-2-1-3-5-19)40-29(45)21-15-22(31(34,35)36)17-23(16-21)32(37,38)39/h1-13,15-17,27H,14,18H2,(H,40,45)/t27-/m1/s1. The average molecular weight is 690 g/mol. The summed E-state index contributed by atoms with van der Waals surface area (Å²) in [6, 6.07) is 18.8. The fourth-order valence-corrected chi connectivity index (χ4v) is 5.59. The highest BCUT2D eigenvalue weighted by molar-refractivity contribution is 7.98. The first kappa shape index (κ1) is 34.1. The molecule has 0 radical (unpaired) electrons. The van der Waals surface area contributed by atoms with Gasteiger partial charge in [0.05, 0.1) is 22.1 Å². The van der Waals surface area contributed by atoms with Gasteiger partial charge in [-0.1, -0.05) is 54.2 Å². The van der Waals surface area contributed by atoms with E-state index in [1.165, 1.54) is 41.0 Å². The zero-order chi connectivity index (χ0) is 34.6. The van der Waals surface area contributed by atoms with E-state index in [9.17, 15) is 45.6 Å². The first-order valence-electron chi connectivity index (χ1n) is 13.9. The number of halogens is 7. The SMILES string of the molecule is O=C(N[C@H](Cc1ccccc1)c1nnc(SCc2ccc(F)cc2)n1-c1ccc([N+](=O)[O-])cc1)c1cc(C(F)(F)F)cc(C(F)(F)F)c1. The van der Waals surface area contributed by atoms with E-state index in [2.05, 4.69) is 15.5 Å². The van der Waals surface area contributed by atoms with Gasteiger partial charge in [0, 0.05) is 29.1 Å². The lowest BCUT2D eigenvalue weighted by atomic mass is 10.0. The van der Waals surface area contributed by atoms with E-state index in [1.54, 1.807) is 42.5 Å². The molecule has 0 saturated carbocycles. The van der Waals surface area contributed by atoms with Crippen LogP contribution < -0.4 is 5.32 Å². The van der Waals surface area contributed by atoms with Crippen LogP contribution >= 0.6 is 11.8 Å². The molecule has 4 aromatic carbocycles. The number of thioether (sulfide) groups is 1. The van der Waals surface area contributed by atoms with E-state index in [1.807, 2.05) is 0 Å². The minimum Gasteiger partial charge on any atom is -0.342 e. The molecule has 1 N–H and O–H groups in total. The largest absolute Gasteiger partial charge is 0.416 e. The van der Waals surface area contributed by atoms with Gasteiger partial charge < -0.3 is 5.32 Å². The van der Waals surface area contributed by atoms with Crippen molar-refractivity contribution >= 4 is 23.4 Å². The number of nitrogens with zero attached hydrogens (tertiary/aromatic N) is 4. The molecule has 0 aliphatic rings. The third-order valence-electron chi connectivity index (χ3n) is 7.01. The predicted molar refractivity (Wildman–Crippen MR) is 161 cm³/mol. The molecule has 1 atom stereocenters. The van der Waals surface area contributed by atoms with Gasteiger partial charge in [-0.25, -0.2) is 4.39 Å². The van der Waals surface area contributed by atoms with Crippen molar-refractivity contribution in [1.29, 1.82) is 0 Å². The van der Waals surface area contributed by atoms with Gasteiger partial charge in [0.1, 0.15) is 5.82 Å². The number of non-ortho nitro benzene ring substituents is 1. The number of nitrogens with one attached hydrogen (secondary N) is 1. The van der Waals surface area contributed by atoms with Crippen LogP contribution in [0.4, 0.5) is 36.4 Å². The number of nitro groups is 1. The van der Waals surface area contributed by atoms with E-state index in [0.29, 0.717) is 28.9 Å². The molecular formula is C32H22F7N5O3S. The third kappa shape index (κ3) is 8.17. The van der Waals surface area contributed by atoms with Gasteiger partial charge in [0.25, 0.3) is 11.6 Å². The molecular weight excluding hydrogens is 667 g/mol. The van der Waals surface area contributed by atoms with Crippen molar-refractivity contribution in [3.63, 3.8) is 0 Å². The predicted octanol–water partition coefficient (Wildman–Crippen LogP) is 8.36. The summed E-state index contributed by atoms with van der Waals surface area (Å²) in [5, 5.41) is 22.6. The van der Waals surface area contributed by atoms with Crippen LogP contribution in [-0.2, 0) is 24.5 Å². The summed E-state index contributed by atoms with van der Waals surface area (Å²) in [5.74, 6) is -1.38. The molecule has 0 fully saturated rings. The number of amides is 1. The van der Waals surface area contributed by atoms with Gasteiger partial charge in [0.15, 0.2) is 11.0 Å². The molecule has 48 heavy (non-hydrogen) atoms. The van der Waals surface area contributed by atoms with Crippen molar-refractivity contribution in [2.24, 2.45) is 0 Å². The molecule has 1 amide bonds. The Kier molecular flexibility index (Phi) is 9.84. The summed E-state index contributed by atoms with van der Waals surface area (Å²) in [5.41, 5.74) is -2.78. The molecule has 1 heterocycles. The molecule has 0 bridgehead atoms. The summed E-state index contributed by atoms with van der Waals surface area (Å²) in [6.07, 6.45) is -10.4.